The van der Waals surface area contributed by atoms with Crippen LogP contribution < -0.4 is 5.32 Å². The molecule has 6 nitrogen and oxygen atoms in total. The summed E-state index contributed by atoms with van der Waals surface area (Å²) in [5, 5.41) is 13.6. The molecule has 0 aliphatic rings. The fraction of sp³-hybridized carbons (Fsp3) is 0.0769. The largest absolute Gasteiger partial charge is 0.320 e. The fourth-order valence-corrected chi connectivity index (χ4v) is 2.10. The lowest BCUT2D eigenvalue weighted by atomic mass is 10.2. The van der Waals surface area contributed by atoms with Crippen molar-refractivity contribution in [2.75, 3.05) is 5.32 Å². The maximum atomic E-state index is 12.1. The van der Waals surface area contributed by atoms with Crippen LogP contribution in [0.25, 0.3) is 0 Å². The van der Waals surface area contributed by atoms with Crippen LogP contribution in [0.5, 0.6) is 0 Å². The highest BCUT2D eigenvalue weighted by Gasteiger charge is 2.15. The minimum absolute atomic E-state index is 0.00118. The van der Waals surface area contributed by atoms with Gasteiger partial charge in [-0.2, -0.15) is 0 Å². The monoisotopic (exact) mass is 325 g/mol. The molecular weight excluding hydrogens is 317 g/mol. The number of hydrogen-bond donors (Lipinski definition) is 1. The van der Waals surface area contributed by atoms with Crippen LogP contribution in [0.1, 0.15) is 16.1 Å². The quantitative estimate of drug-likeness (QED) is 0.527. The van der Waals surface area contributed by atoms with E-state index in [0.717, 1.165) is 6.07 Å². The van der Waals surface area contributed by atoms with Gasteiger partial charge in [0.15, 0.2) is 0 Å². The highest BCUT2D eigenvalue weighted by atomic mass is 35.5. The smallest absolute Gasteiger partial charge is 0.270 e. The summed E-state index contributed by atoms with van der Waals surface area (Å²) in [6.07, 6.45) is 0. The van der Waals surface area contributed by atoms with Gasteiger partial charge in [0.2, 0.25) is 0 Å². The zero-order valence-corrected chi connectivity index (χ0v) is 12.3. The van der Waals surface area contributed by atoms with Crippen LogP contribution >= 0.6 is 23.2 Å². The number of nitrogens with one attached hydrogen (secondary N) is 1. The van der Waals surface area contributed by atoms with Gasteiger partial charge in [-0.25, -0.2) is 4.98 Å². The van der Waals surface area contributed by atoms with Gasteiger partial charge in [-0.15, -0.1) is 0 Å². The van der Waals surface area contributed by atoms with Crippen LogP contribution in [0.2, 0.25) is 10.2 Å². The van der Waals surface area contributed by atoms with Crippen LogP contribution in [0.15, 0.2) is 30.3 Å². The SMILES string of the molecule is Cc1nc(Cl)ccc1NC(=O)c1ccc([N+](=O)[O-])cc1Cl. The zero-order valence-electron chi connectivity index (χ0n) is 10.8. The minimum Gasteiger partial charge on any atom is -0.320 e. The summed E-state index contributed by atoms with van der Waals surface area (Å²) in [6, 6.07) is 6.80. The predicted octanol–water partition coefficient (Wildman–Crippen LogP) is 3.86. The molecule has 1 N–H and O–H groups in total. The predicted molar refractivity (Wildman–Crippen MR) is 80.0 cm³/mol. The molecule has 0 spiro atoms. The van der Waals surface area contributed by atoms with E-state index in [2.05, 4.69) is 10.3 Å². The number of nitro benzene ring substituents is 1. The number of benzene rings is 1. The standard InChI is InChI=1S/C13H9Cl2N3O3/c1-7-11(4-5-12(15)16-7)17-13(19)9-3-2-8(18(20)21)6-10(9)14/h2-6H,1H3,(H,17,19). The first-order chi connectivity index (χ1) is 9.88. The molecule has 1 aromatic heterocycles. The number of aryl methyl sites for hydroxylation is 1. The molecule has 2 rings (SSSR count). The number of non-ortho nitro benzene ring substituents is 1. The Kier molecular flexibility index (Phi) is 4.40. The van der Waals surface area contributed by atoms with Crippen LogP contribution in [0, 0.1) is 17.0 Å². The minimum atomic E-state index is -0.583. The molecule has 0 atom stereocenters. The van der Waals surface area contributed by atoms with Gasteiger partial charge in [-0.05, 0) is 25.1 Å². The number of carbonyl (C=O) groups excluding carboxylic acids is 1. The van der Waals surface area contributed by atoms with Crippen molar-refractivity contribution in [3.8, 4) is 0 Å². The van der Waals surface area contributed by atoms with Crippen LogP contribution in [-0.4, -0.2) is 15.8 Å². The molecule has 21 heavy (non-hydrogen) atoms. The van der Waals surface area contributed by atoms with Crippen molar-refractivity contribution in [3.63, 3.8) is 0 Å². The van der Waals surface area contributed by atoms with Crippen LogP contribution in [-0.2, 0) is 0 Å². The molecule has 0 bridgehead atoms. The van der Waals surface area contributed by atoms with Gasteiger partial charge in [0.05, 0.1) is 26.9 Å². The number of anilines is 1. The van der Waals surface area contributed by atoms with Gasteiger partial charge in [-0.1, -0.05) is 23.2 Å². The van der Waals surface area contributed by atoms with Gasteiger partial charge in [0.1, 0.15) is 5.15 Å². The first kappa shape index (κ1) is 15.2. The first-order valence-electron chi connectivity index (χ1n) is 5.77. The van der Waals surface area contributed by atoms with Crippen molar-refractivity contribution in [3.05, 3.63) is 61.9 Å². The molecule has 1 amide bonds. The van der Waals surface area contributed by atoms with Gasteiger partial charge < -0.3 is 5.32 Å². The molecule has 0 aliphatic heterocycles. The van der Waals surface area contributed by atoms with E-state index in [9.17, 15) is 14.9 Å². The number of nitrogens with zero attached hydrogens (tertiary/aromatic N) is 2. The average molecular weight is 326 g/mol. The Labute approximate surface area is 129 Å². The summed E-state index contributed by atoms with van der Waals surface area (Å²) < 4.78 is 0. The molecule has 0 saturated heterocycles. The molecule has 108 valence electrons. The molecule has 1 aromatic carbocycles. The summed E-state index contributed by atoms with van der Waals surface area (Å²) in [4.78, 5) is 26.2. The number of pyridine rings is 1. The molecule has 0 fully saturated rings. The number of aromatic nitrogens is 1. The molecule has 2 aromatic rings. The summed E-state index contributed by atoms with van der Waals surface area (Å²) in [7, 11) is 0. The van der Waals surface area contributed by atoms with Gasteiger partial charge >= 0.3 is 0 Å². The van der Waals surface area contributed by atoms with E-state index in [4.69, 9.17) is 23.2 Å². The number of hydrogen-bond acceptors (Lipinski definition) is 4. The maximum absolute atomic E-state index is 12.1. The fourth-order valence-electron chi connectivity index (χ4n) is 1.65. The third kappa shape index (κ3) is 3.48. The van der Waals surface area contributed by atoms with Crippen molar-refractivity contribution < 1.29 is 9.72 Å². The third-order valence-corrected chi connectivity index (χ3v) is 3.23. The Morgan fingerprint density at radius 3 is 2.57 bits per heavy atom. The Balaban J connectivity index is 2.26. The number of nitro groups is 1. The molecule has 0 radical (unpaired) electrons. The highest BCUT2D eigenvalue weighted by molar-refractivity contribution is 6.34. The van der Waals surface area contributed by atoms with E-state index in [1.165, 1.54) is 12.1 Å². The lowest BCUT2D eigenvalue weighted by Gasteiger charge is -2.09. The number of rotatable bonds is 3. The van der Waals surface area contributed by atoms with Crippen LogP contribution in [0.4, 0.5) is 11.4 Å². The maximum Gasteiger partial charge on any atom is 0.270 e. The Morgan fingerprint density at radius 1 is 1.29 bits per heavy atom. The number of carbonyl (C=O) groups is 1. The van der Waals surface area contributed by atoms with Crippen LogP contribution in [0.3, 0.4) is 0 Å². The topological polar surface area (TPSA) is 85.1 Å². The normalized spacial score (nSPS) is 10.2. The molecule has 1 heterocycles. The lowest BCUT2D eigenvalue weighted by Crippen LogP contribution is -2.13. The first-order valence-corrected chi connectivity index (χ1v) is 6.52. The second kappa shape index (κ2) is 6.07. The average Bonchev–Trinajstić information content (AvgIpc) is 2.41. The second-order valence-corrected chi connectivity index (χ2v) is 4.94. The lowest BCUT2D eigenvalue weighted by molar-refractivity contribution is -0.384. The van der Waals surface area contributed by atoms with E-state index >= 15 is 0 Å². The molecule has 0 unspecified atom stereocenters. The molecule has 0 saturated carbocycles. The Bertz CT molecular complexity index is 735. The molecule has 8 heteroatoms. The Morgan fingerprint density at radius 2 is 2.00 bits per heavy atom. The molecule has 0 aliphatic carbocycles. The second-order valence-electron chi connectivity index (χ2n) is 4.14. The third-order valence-electron chi connectivity index (χ3n) is 2.71. The highest BCUT2D eigenvalue weighted by Crippen LogP contribution is 2.24. The Hall–Kier alpha value is -2.18. The summed E-state index contributed by atoms with van der Waals surface area (Å²) in [5.74, 6) is -0.484. The van der Waals surface area contributed by atoms with Crippen molar-refractivity contribution in [1.82, 2.24) is 4.98 Å². The van der Waals surface area contributed by atoms with E-state index in [0.29, 0.717) is 16.5 Å². The number of halogens is 2. The van der Waals surface area contributed by atoms with Crippen molar-refractivity contribution in [2.45, 2.75) is 6.92 Å². The number of amides is 1. The summed E-state index contributed by atoms with van der Waals surface area (Å²) >= 11 is 11.6. The molecular formula is C13H9Cl2N3O3. The summed E-state index contributed by atoms with van der Waals surface area (Å²) in [5.41, 5.74) is 0.991. The van der Waals surface area contributed by atoms with E-state index < -0.39 is 10.8 Å². The van der Waals surface area contributed by atoms with Gasteiger partial charge in [0.25, 0.3) is 11.6 Å². The van der Waals surface area contributed by atoms with E-state index in [1.807, 2.05) is 0 Å². The van der Waals surface area contributed by atoms with Crippen molar-refractivity contribution in [1.29, 1.82) is 0 Å². The van der Waals surface area contributed by atoms with Gasteiger partial charge in [0, 0.05) is 12.1 Å². The van der Waals surface area contributed by atoms with Crippen molar-refractivity contribution >= 4 is 40.5 Å². The van der Waals surface area contributed by atoms with Crippen molar-refractivity contribution in [2.24, 2.45) is 0 Å². The van der Waals surface area contributed by atoms with E-state index in [-0.39, 0.29) is 16.3 Å². The zero-order chi connectivity index (χ0) is 15.6. The van der Waals surface area contributed by atoms with E-state index in [1.54, 1.807) is 19.1 Å². The van der Waals surface area contributed by atoms with Gasteiger partial charge in [-0.3, -0.25) is 14.9 Å². The summed E-state index contributed by atoms with van der Waals surface area (Å²) in [6.45, 7) is 1.69.